The molecule has 0 aromatic carbocycles. The van der Waals surface area contributed by atoms with Gasteiger partial charge in [0.2, 0.25) is 0 Å². The standard InChI is InChI=1S/C9H20IP/c1-4-7-11(10)8-5-6-9(2)3/h9H,4-8H2,1-3H3. The molecule has 0 amide bonds. The van der Waals surface area contributed by atoms with Gasteiger partial charge in [0.05, 0.1) is 0 Å². The summed E-state index contributed by atoms with van der Waals surface area (Å²) in [7, 11) is 0. The predicted molar refractivity (Wildman–Crippen MR) is 65.0 cm³/mol. The van der Waals surface area contributed by atoms with Gasteiger partial charge in [0, 0.05) is 0 Å². The first kappa shape index (κ1) is 12.2. The number of hydrogen-bond acceptors (Lipinski definition) is 0. The normalized spacial score (nSPS) is 13.9. The van der Waals surface area contributed by atoms with E-state index in [2.05, 4.69) is 42.8 Å². The topological polar surface area (TPSA) is 0 Å². The zero-order valence-electron chi connectivity index (χ0n) is 7.94. The molecule has 0 aliphatic carbocycles. The van der Waals surface area contributed by atoms with Crippen molar-refractivity contribution in [2.45, 2.75) is 40.0 Å². The first-order valence-electron chi connectivity index (χ1n) is 4.57. The average molecular weight is 286 g/mol. The van der Waals surface area contributed by atoms with E-state index in [4.69, 9.17) is 0 Å². The minimum Gasteiger partial charge on any atom is -0.0650 e. The lowest BCUT2D eigenvalue weighted by molar-refractivity contribution is 0.578. The van der Waals surface area contributed by atoms with Crippen molar-refractivity contribution in [3.8, 4) is 0 Å². The number of hydrogen-bond donors (Lipinski definition) is 0. The molecule has 2 heteroatoms. The summed E-state index contributed by atoms with van der Waals surface area (Å²) in [5.41, 5.74) is 0.359. The van der Waals surface area contributed by atoms with Crippen LogP contribution in [0.2, 0.25) is 0 Å². The summed E-state index contributed by atoms with van der Waals surface area (Å²) in [5.74, 6) is 0.899. The fraction of sp³-hybridized carbons (Fsp3) is 1.00. The third-order valence-electron chi connectivity index (χ3n) is 1.65. The molecule has 0 spiro atoms. The van der Waals surface area contributed by atoms with Crippen LogP contribution in [0.25, 0.3) is 0 Å². The van der Waals surface area contributed by atoms with Crippen LogP contribution >= 0.6 is 27.6 Å². The van der Waals surface area contributed by atoms with E-state index in [9.17, 15) is 0 Å². The van der Waals surface area contributed by atoms with Gasteiger partial charge in [-0.25, -0.2) is 0 Å². The Labute approximate surface area is 85.8 Å². The lowest BCUT2D eigenvalue weighted by Crippen LogP contribution is -1.90. The summed E-state index contributed by atoms with van der Waals surface area (Å²) in [4.78, 5) is 0. The third kappa shape index (κ3) is 9.07. The lowest BCUT2D eigenvalue weighted by atomic mass is 10.1. The second-order valence-corrected chi connectivity index (χ2v) is 9.36. The Morgan fingerprint density at radius 3 is 2.36 bits per heavy atom. The van der Waals surface area contributed by atoms with Crippen LogP contribution in [0, 0.1) is 5.92 Å². The number of rotatable bonds is 6. The van der Waals surface area contributed by atoms with Gasteiger partial charge in [-0.05, 0) is 30.2 Å². The summed E-state index contributed by atoms with van der Waals surface area (Å²) in [6, 6.07) is 0. The van der Waals surface area contributed by atoms with Crippen molar-refractivity contribution in [2.75, 3.05) is 12.3 Å². The zero-order chi connectivity index (χ0) is 8.69. The fourth-order valence-corrected chi connectivity index (χ4v) is 4.73. The lowest BCUT2D eigenvalue weighted by Gasteiger charge is -2.09. The highest BCUT2D eigenvalue weighted by molar-refractivity contribution is 14.2. The van der Waals surface area contributed by atoms with Gasteiger partial charge in [-0.3, -0.25) is 0 Å². The van der Waals surface area contributed by atoms with Crippen LogP contribution < -0.4 is 0 Å². The van der Waals surface area contributed by atoms with Gasteiger partial charge in [0.25, 0.3) is 0 Å². The molecule has 0 aromatic rings. The molecular weight excluding hydrogens is 266 g/mol. The molecule has 0 aliphatic rings. The molecule has 0 saturated carbocycles. The summed E-state index contributed by atoms with van der Waals surface area (Å²) in [6.45, 7) is 6.92. The SMILES string of the molecule is CCCP(I)CCCC(C)C. The summed E-state index contributed by atoms with van der Waals surface area (Å²) in [5, 5.41) is 0. The fourth-order valence-electron chi connectivity index (χ4n) is 1.03. The Morgan fingerprint density at radius 1 is 1.27 bits per heavy atom. The van der Waals surface area contributed by atoms with Gasteiger partial charge in [-0.2, -0.15) is 0 Å². The van der Waals surface area contributed by atoms with E-state index in [1.165, 1.54) is 31.6 Å². The van der Waals surface area contributed by atoms with E-state index in [0.717, 1.165) is 5.92 Å². The summed E-state index contributed by atoms with van der Waals surface area (Å²) < 4.78 is 0. The van der Waals surface area contributed by atoms with Crippen LogP contribution in [0.15, 0.2) is 0 Å². The van der Waals surface area contributed by atoms with E-state index < -0.39 is 0 Å². The molecule has 0 N–H and O–H groups in total. The van der Waals surface area contributed by atoms with Gasteiger partial charge >= 0.3 is 0 Å². The molecule has 0 aliphatic heterocycles. The third-order valence-corrected chi connectivity index (χ3v) is 6.28. The second-order valence-electron chi connectivity index (χ2n) is 3.45. The van der Waals surface area contributed by atoms with Crippen molar-refractivity contribution < 1.29 is 0 Å². The minimum atomic E-state index is 0.359. The first-order chi connectivity index (χ1) is 5.16. The maximum atomic E-state index is 2.65. The molecular formula is C9H20IP. The Hall–Kier alpha value is 1.16. The van der Waals surface area contributed by atoms with Crippen molar-refractivity contribution in [3.63, 3.8) is 0 Å². The van der Waals surface area contributed by atoms with Crippen molar-refractivity contribution >= 4 is 27.6 Å². The summed E-state index contributed by atoms with van der Waals surface area (Å²) >= 11 is 2.65. The van der Waals surface area contributed by atoms with Crippen LogP contribution in [-0.2, 0) is 0 Å². The maximum absolute atomic E-state index is 2.65. The summed E-state index contributed by atoms with van der Waals surface area (Å²) in [6.07, 6.45) is 7.20. The van der Waals surface area contributed by atoms with Crippen LogP contribution in [0.3, 0.4) is 0 Å². The van der Waals surface area contributed by atoms with Crippen molar-refractivity contribution in [1.29, 1.82) is 0 Å². The van der Waals surface area contributed by atoms with Crippen LogP contribution in [0.4, 0.5) is 0 Å². The van der Waals surface area contributed by atoms with Gasteiger partial charge in [-0.1, -0.05) is 55.7 Å². The van der Waals surface area contributed by atoms with Crippen molar-refractivity contribution in [3.05, 3.63) is 0 Å². The Kier molecular flexibility index (Phi) is 8.61. The molecule has 0 heterocycles. The van der Waals surface area contributed by atoms with E-state index in [0.29, 0.717) is 5.56 Å². The molecule has 0 bridgehead atoms. The largest absolute Gasteiger partial charge is 0.0650 e. The van der Waals surface area contributed by atoms with Gasteiger partial charge in [-0.15, -0.1) is 0 Å². The van der Waals surface area contributed by atoms with Crippen LogP contribution in [0.5, 0.6) is 0 Å². The van der Waals surface area contributed by atoms with Gasteiger partial charge < -0.3 is 0 Å². The van der Waals surface area contributed by atoms with Gasteiger partial charge in [0.15, 0.2) is 0 Å². The van der Waals surface area contributed by atoms with E-state index in [1.807, 2.05) is 0 Å². The molecule has 1 atom stereocenters. The quantitative estimate of drug-likeness (QED) is 0.492. The Morgan fingerprint density at radius 2 is 1.91 bits per heavy atom. The minimum absolute atomic E-state index is 0.359. The highest BCUT2D eigenvalue weighted by Crippen LogP contribution is 2.46. The smallest absolute Gasteiger partial charge is 0.0235 e. The van der Waals surface area contributed by atoms with E-state index >= 15 is 0 Å². The highest BCUT2D eigenvalue weighted by Gasteiger charge is 2.01. The van der Waals surface area contributed by atoms with Crippen LogP contribution in [-0.4, -0.2) is 12.3 Å². The molecule has 1 unspecified atom stereocenters. The number of halogens is 1. The van der Waals surface area contributed by atoms with E-state index in [1.54, 1.807) is 0 Å². The van der Waals surface area contributed by atoms with Crippen LogP contribution in [0.1, 0.15) is 40.0 Å². The first-order valence-corrected chi connectivity index (χ1v) is 9.07. The average Bonchev–Trinajstić information content (AvgIpc) is 1.87. The van der Waals surface area contributed by atoms with E-state index in [-0.39, 0.29) is 0 Å². The monoisotopic (exact) mass is 286 g/mol. The van der Waals surface area contributed by atoms with Crippen molar-refractivity contribution in [2.24, 2.45) is 5.92 Å². The molecule has 0 rings (SSSR count). The van der Waals surface area contributed by atoms with Crippen molar-refractivity contribution in [1.82, 2.24) is 0 Å². The predicted octanol–water partition coefficient (Wildman–Crippen LogP) is 4.66. The molecule has 11 heavy (non-hydrogen) atoms. The molecule has 0 saturated heterocycles. The zero-order valence-corrected chi connectivity index (χ0v) is 11.0. The Bertz CT molecular complexity index is 83.6. The maximum Gasteiger partial charge on any atom is -0.0235 e. The molecule has 0 nitrogen and oxygen atoms in total. The van der Waals surface area contributed by atoms with Gasteiger partial charge in [0.1, 0.15) is 0 Å². The second kappa shape index (κ2) is 7.79. The molecule has 68 valence electrons. The molecule has 0 aromatic heterocycles. The molecule has 0 radical (unpaired) electrons. The Balaban J connectivity index is 3.10. The molecule has 0 fully saturated rings. The highest BCUT2D eigenvalue weighted by atomic mass is 127.